The molecule has 0 aliphatic carbocycles. The van der Waals surface area contributed by atoms with E-state index in [1.165, 1.54) is 0 Å². The molecule has 3 amide bonds. The summed E-state index contributed by atoms with van der Waals surface area (Å²) >= 11 is 0. The van der Waals surface area contributed by atoms with Crippen molar-refractivity contribution in [1.29, 1.82) is 0 Å². The smallest absolute Gasteiger partial charge is 0.326 e. The highest BCUT2D eigenvalue weighted by Gasteiger charge is 2.27. The van der Waals surface area contributed by atoms with Crippen molar-refractivity contribution in [3.63, 3.8) is 0 Å². The highest BCUT2D eigenvalue weighted by Crippen LogP contribution is 2.15. The Kier molecular flexibility index (Phi) is 5.75. The standard InChI is InChI=1S/C12H22N4O4/c1-7-6-16(2)4-3-8(7)14-12(20)15-9(11(18)19)5-10(13)17/h7-9H,3-6H2,1-2H3,(H2,13,17)(H,18,19)(H2,14,15,20). The van der Waals surface area contributed by atoms with Crippen molar-refractivity contribution in [3.05, 3.63) is 0 Å². The minimum Gasteiger partial charge on any atom is -0.480 e. The van der Waals surface area contributed by atoms with Crippen LogP contribution in [0.4, 0.5) is 4.79 Å². The zero-order valence-corrected chi connectivity index (χ0v) is 11.8. The number of aliphatic carboxylic acids is 1. The van der Waals surface area contributed by atoms with E-state index < -0.39 is 30.4 Å². The molecule has 0 aromatic carbocycles. The van der Waals surface area contributed by atoms with Gasteiger partial charge in [-0.1, -0.05) is 6.92 Å². The van der Waals surface area contributed by atoms with Gasteiger partial charge < -0.3 is 26.4 Å². The van der Waals surface area contributed by atoms with Crippen LogP contribution in [0.1, 0.15) is 19.8 Å². The van der Waals surface area contributed by atoms with Gasteiger partial charge in [0.25, 0.3) is 0 Å². The molecule has 8 nitrogen and oxygen atoms in total. The number of primary amides is 1. The topological polar surface area (TPSA) is 125 Å². The molecule has 0 radical (unpaired) electrons. The van der Waals surface area contributed by atoms with Gasteiger partial charge in [-0.2, -0.15) is 0 Å². The van der Waals surface area contributed by atoms with Gasteiger partial charge in [0.15, 0.2) is 0 Å². The zero-order valence-electron chi connectivity index (χ0n) is 11.8. The number of nitrogens with zero attached hydrogens (tertiary/aromatic N) is 1. The van der Waals surface area contributed by atoms with Crippen LogP contribution in [0.3, 0.4) is 0 Å². The molecule has 0 aromatic rings. The van der Waals surface area contributed by atoms with Crippen LogP contribution in [-0.2, 0) is 9.59 Å². The van der Waals surface area contributed by atoms with Crippen molar-refractivity contribution in [2.45, 2.75) is 31.8 Å². The first-order valence-electron chi connectivity index (χ1n) is 6.56. The van der Waals surface area contributed by atoms with Crippen molar-refractivity contribution in [2.24, 2.45) is 11.7 Å². The number of nitrogens with one attached hydrogen (secondary N) is 2. The molecule has 1 rings (SSSR count). The number of amides is 3. The lowest BCUT2D eigenvalue weighted by atomic mass is 9.94. The van der Waals surface area contributed by atoms with Gasteiger partial charge in [0.05, 0.1) is 6.42 Å². The van der Waals surface area contributed by atoms with Gasteiger partial charge in [0.2, 0.25) is 5.91 Å². The summed E-state index contributed by atoms with van der Waals surface area (Å²) in [6.07, 6.45) is 0.379. The summed E-state index contributed by atoms with van der Waals surface area (Å²) in [6.45, 7) is 3.77. The highest BCUT2D eigenvalue weighted by molar-refractivity contribution is 5.87. The Bertz CT molecular complexity index is 388. The van der Waals surface area contributed by atoms with Gasteiger partial charge in [-0.15, -0.1) is 0 Å². The van der Waals surface area contributed by atoms with Crippen molar-refractivity contribution in [2.75, 3.05) is 20.1 Å². The number of nitrogens with two attached hydrogens (primary N) is 1. The molecule has 0 bridgehead atoms. The number of likely N-dealkylation sites (tertiary alicyclic amines) is 1. The maximum Gasteiger partial charge on any atom is 0.326 e. The Morgan fingerprint density at radius 2 is 2.10 bits per heavy atom. The summed E-state index contributed by atoms with van der Waals surface area (Å²) in [6, 6.07) is -1.89. The number of rotatable bonds is 5. The predicted molar refractivity (Wildman–Crippen MR) is 72.0 cm³/mol. The molecule has 0 saturated carbocycles. The van der Waals surface area contributed by atoms with Crippen molar-refractivity contribution < 1.29 is 19.5 Å². The highest BCUT2D eigenvalue weighted by atomic mass is 16.4. The molecular formula is C12H22N4O4. The molecule has 1 aliphatic heterocycles. The summed E-state index contributed by atoms with van der Waals surface area (Å²) in [5, 5.41) is 13.9. The van der Waals surface area contributed by atoms with E-state index in [9.17, 15) is 14.4 Å². The van der Waals surface area contributed by atoms with Crippen LogP contribution in [-0.4, -0.2) is 60.1 Å². The van der Waals surface area contributed by atoms with Crippen LogP contribution < -0.4 is 16.4 Å². The minimum absolute atomic E-state index is 0.00535. The van der Waals surface area contributed by atoms with E-state index in [1.807, 2.05) is 14.0 Å². The monoisotopic (exact) mass is 286 g/mol. The van der Waals surface area contributed by atoms with Crippen molar-refractivity contribution >= 4 is 17.9 Å². The van der Waals surface area contributed by atoms with Gasteiger partial charge in [-0.05, 0) is 25.9 Å². The Balaban J connectivity index is 2.49. The fraction of sp³-hybridized carbons (Fsp3) is 0.750. The summed E-state index contributed by atoms with van der Waals surface area (Å²) in [5.74, 6) is -1.78. The van der Waals surface area contributed by atoms with Crippen LogP contribution in [0.25, 0.3) is 0 Å². The van der Waals surface area contributed by atoms with E-state index in [0.717, 1.165) is 19.5 Å². The Morgan fingerprint density at radius 1 is 1.45 bits per heavy atom. The quantitative estimate of drug-likeness (QED) is 0.513. The number of hydrogen-bond donors (Lipinski definition) is 4. The van der Waals surface area contributed by atoms with Crippen molar-refractivity contribution in [3.8, 4) is 0 Å². The lowest BCUT2D eigenvalue weighted by molar-refractivity contribution is -0.140. The van der Waals surface area contributed by atoms with Crippen LogP contribution >= 0.6 is 0 Å². The van der Waals surface area contributed by atoms with Gasteiger partial charge in [-0.3, -0.25) is 4.79 Å². The van der Waals surface area contributed by atoms with Crippen LogP contribution in [0, 0.1) is 5.92 Å². The average Bonchev–Trinajstić information content (AvgIpc) is 2.31. The molecule has 0 spiro atoms. The molecule has 1 fully saturated rings. The molecule has 1 saturated heterocycles. The SMILES string of the molecule is CC1CN(C)CCC1NC(=O)NC(CC(N)=O)C(=O)O. The number of carbonyl (C=O) groups excluding carboxylic acids is 2. The second-order valence-corrected chi connectivity index (χ2v) is 5.31. The molecule has 3 unspecified atom stereocenters. The summed E-state index contributed by atoms with van der Waals surface area (Å²) < 4.78 is 0. The van der Waals surface area contributed by atoms with Crippen LogP contribution in [0.5, 0.6) is 0 Å². The maximum absolute atomic E-state index is 11.8. The number of carboxylic acids is 1. The van der Waals surface area contributed by atoms with E-state index in [-0.39, 0.29) is 12.0 Å². The van der Waals surface area contributed by atoms with E-state index in [2.05, 4.69) is 15.5 Å². The van der Waals surface area contributed by atoms with Crippen molar-refractivity contribution in [1.82, 2.24) is 15.5 Å². The second kappa shape index (κ2) is 7.09. The molecule has 8 heteroatoms. The summed E-state index contributed by atoms with van der Waals surface area (Å²) in [5.41, 5.74) is 4.95. The van der Waals surface area contributed by atoms with E-state index >= 15 is 0 Å². The normalized spacial score (nSPS) is 24.7. The zero-order chi connectivity index (χ0) is 15.3. The third-order valence-corrected chi connectivity index (χ3v) is 3.43. The van der Waals surface area contributed by atoms with Gasteiger partial charge in [0.1, 0.15) is 6.04 Å². The lowest BCUT2D eigenvalue weighted by Gasteiger charge is -2.35. The molecule has 1 heterocycles. The van der Waals surface area contributed by atoms with Gasteiger partial charge in [0, 0.05) is 12.6 Å². The first-order chi connectivity index (χ1) is 9.29. The van der Waals surface area contributed by atoms with Gasteiger partial charge in [-0.25, -0.2) is 9.59 Å². The maximum atomic E-state index is 11.8. The molecular weight excluding hydrogens is 264 g/mol. The molecule has 1 aliphatic rings. The third kappa shape index (κ3) is 5.04. The van der Waals surface area contributed by atoms with Crippen LogP contribution in [0.15, 0.2) is 0 Å². The van der Waals surface area contributed by atoms with E-state index in [1.54, 1.807) is 0 Å². The molecule has 3 atom stereocenters. The fourth-order valence-corrected chi connectivity index (χ4v) is 2.34. The van der Waals surface area contributed by atoms with E-state index in [4.69, 9.17) is 10.8 Å². The predicted octanol–water partition coefficient (Wildman–Crippen LogP) is -1.05. The fourth-order valence-electron chi connectivity index (χ4n) is 2.34. The molecule has 114 valence electrons. The third-order valence-electron chi connectivity index (χ3n) is 3.43. The molecule has 5 N–H and O–H groups in total. The molecule has 20 heavy (non-hydrogen) atoms. The summed E-state index contributed by atoms with van der Waals surface area (Å²) in [7, 11) is 2.01. The largest absolute Gasteiger partial charge is 0.480 e. The van der Waals surface area contributed by atoms with E-state index in [0.29, 0.717) is 0 Å². The first kappa shape index (κ1) is 16.2. The number of urea groups is 1. The second-order valence-electron chi connectivity index (χ2n) is 5.31. The first-order valence-corrected chi connectivity index (χ1v) is 6.56. The van der Waals surface area contributed by atoms with Crippen LogP contribution in [0.2, 0.25) is 0 Å². The van der Waals surface area contributed by atoms with Gasteiger partial charge >= 0.3 is 12.0 Å². The average molecular weight is 286 g/mol. The number of carbonyl (C=O) groups is 3. The Labute approximate surface area is 117 Å². The Morgan fingerprint density at radius 3 is 2.60 bits per heavy atom. The summed E-state index contributed by atoms with van der Waals surface area (Å²) in [4.78, 5) is 35.6. The number of hydrogen-bond acceptors (Lipinski definition) is 4. The number of piperidine rings is 1. The number of carboxylic acid groups (broad SMARTS) is 1. The molecule has 0 aromatic heterocycles. The Hall–Kier alpha value is -1.83. The lowest BCUT2D eigenvalue weighted by Crippen LogP contribution is -2.54. The minimum atomic E-state index is -1.30.